The molecule has 0 unspecified atom stereocenters. The van der Waals surface area contributed by atoms with E-state index >= 15 is 0 Å². The van der Waals surface area contributed by atoms with Gasteiger partial charge in [-0.3, -0.25) is 4.79 Å². The number of thiophene rings is 1. The van der Waals surface area contributed by atoms with Gasteiger partial charge in [0, 0.05) is 32.4 Å². The van der Waals surface area contributed by atoms with Crippen LogP contribution in [0.2, 0.25) is 0 Å². The second-order valence-corrected chi connectivity index (χ2v) is 8.16. The maximum Gasteiger partial charge on any atom is 0.409 e. The van der Waals surface area contributed by atoms with Crippen molar-refractivity contribution in [2.45, 2.75) is 20.8 Å². The minimum Gasteiger partial charge on any atom is -0.450 e. The standard InChI is InChI=1S/C21H24N6O3S/c1-4-30-21(29)26-9-7-25(8-10-26)19(28)16-13-23-27(15(16)3)20-22-12-14(2)18(24-20)17-6-5-11-31-17/h5-6,11-13H,4,7-10H2,1-3H3. The number of aryl methyl sites for hydroxylation is 1. The predicted octanol–water partition coefficient (Wildman–Crippen LogP) is 2.92. The molecule has 4 heterocycles. The lowest BCUT2D eigenvalue weighted by molar-refractivity contribution is 0.0570. The topological polar surface area (TPSA) is 93.5 Å². The molecule has 1 aliphatic heterocycles. The molecule has 2 amide bonds. The van der Waals surface area contributed by atoms with Crippen molar-refractivity contribution in [3.05, 3.63) is 46.7 Å². The van der Waals surface area contributed by atoms with E-state index in [1.165, 1.54) is 0 Å². The van der Waals surface area contributed by atoms with Crippen LogP contribution in [0.4, 0.5) is 4.79 Å². The number of nitrogens with zero attached hydrogens (tertiary/aromatic N) is 6. The summed E-state index contributed by atoms with van der Waals surface area (Å²) in [6, 6.07) is 4.00. The van der Waals surface area contributed by atoms with Gasteiger partial charge in [-0.25, -0.2) is 19.4 Å². The zero-order chi connectivity index (χ0) is 22.0. The summed E-state index contributed by atoms with van der Waals surface area (Å²) in [4.78, 5) is 38.5. The molecule has 0 aliphatic carbocycles. The van der Waals surface area contributed by atoms with Crippen LogP contribution in [0.1, 0.15) is 28.5 Å². The van der Waals surface area contributed by atoms with Crippen molar-refractivity contribution in [2.24, 2.45) is 0 Å². The van der Waals surface area contributed by atoms with Crippen LogP contribution < -0.4 is 0 Å². The van der Waals surface area contributed by atoms with Crippen molar-refractivity contribution in [3.63, 3.8) is 0 Å². The summed E-state index contributed by atoms with van der Waals surface area (Å²) < 4.78 is 6.63. The van der Waals surface area contributed by atoms with Crippen molar-refractivity contribution < 1.29 is 14.3 Å². The molecule has 31 heavy (non-hydrogen) atoms. The van der Waals surface area contributed by atoms with Gasteiger partial charge in [0.15, 0.2) is 0 Å². The predicted molar refractivity (Wildman–Crippen MR) is 116 cm³/mol. The Morgan fingerprint density at radius 3 is 2.55 bits per heavy atom. The Balaban J connectivity index is 1.52. The van der Waals surface area contributed by atoms with Crippen LogP contribution in [0.3, 0.4) is 0 Å². The third kappa shape index (κ3) is 4.15. The third-order valence-corrected chi connectivity index (χ3v) is 6.11. The van der Waals surface area contributed by atoms with Gasteiger partial charge in [-0.1, -0.05) is 6.07 Å². The second-order valence-electron chi connectivity index (χ2n) is 7.21. The van der Waals surface area contributed by atoms with E-state index in [0.29, 0.717) is 50.0 Å². The molecule has 1 saturated heterocycles. The summed E-state index contributed by atoms with van der Waals surface area (Å²) in [5, 5.41) is 6.39. The fourth-order valence-corrected chi connectivity index (χ4v) is 4.28. The third-order valence-electron chi connectivity index (χ3n) is 5.24. The Hall–Kier alpha value is -3.27. The van der Waals surface area contributed by atoms with E-state index in [1.54, 1.807) is 45.1 Å². The quantitative estimate of drug-likeness (QED) is 0.619. The van der Waals surface area contributed by atoms with Gasteiger partial charge in [0.1, 0.15) is 0 Å². The molecule has 162 valence electrons. The normalized spacial score (nSPS) is 14.0. The van der Waals surface area contributed by atoms with E-state index in [1.807, 2.05) is 31.4 Å². The van der Waals surface area contributed by atoms with Gasteiger partial charge in [0.05, 0.1) is 34.6 Å². The molecule has 0 spiro atoms. The van der Waals surface area contributed by atoms with Crippen LogP contribution in [0, 0.1) is 13.8 Å². The molecule has 0 N–H and O–H groups in total. The van der Waals surface area contributed by atoms with Gasteiger partial charge in [0.25, 0.3) is 11.9 Å². The molecule has 0 bridgehead atoms. The number of aromatic nitrogens is 4. The first-order valence-electron chi connectivity index (χ1n) is 10.1. The number of hydrogen-bond acceptors (Lipinski definition) is 7. The lowest BCUT2D eigenvalue weighted by Gasteiger charge is -2.34. The molecule has 3 aromatic rings. The van der Waals surface area contributed by atoms with Crippen LogP contribution in [-0.2, 0) is 4.74 Å². The molecular weight excluding hydrogens is 416 g/mol. The minimum atomic E-state index is -0.336. The number of piperazine rings is 1. The highest BCUT2D eigenvalue weighted by Gasteiger charge is 2.28. The largest absolute Gasteiger partial charge is 0.450 e. The molecule has 0 saturated carbocycles. The highest BCUT2D eigenvalue weighted by Crippen LogP contribution is 2.26. The van der Waals surface area contributed by atoms with Crippen molar-refractivity contribution in [3.8, 4) is 16.5 Å². The monoisotopic (exact) mass is 440 g/mol. The van der Waals surface area contributed by atoms with Crippen LogP contribution in [0.15, 0.2) is 29.9 Å². The van der Waals surface area contributed by atoms with Gasteiger partial charge >= 0.3 is 6.09 Å². The van der Waals surface area contributed by atoms with Gasteiger partial charge < -0.3 is 14.5 Å². The van der Waals surface area contributed by atoms with Gasteiger partial charge in [0.2, 0.25) is 0 Å². The number of carbonyl (C=O) groups excluding carboxylic acids is 2. The smallest absolute Gasteiger partial charge is 0.409 e. The number of rotatable bonds is 4. The number of hydrogen-bond donors (Lipinski definition) is 0. The zero-order valence-corrected chi connectivity index (χ0v) is 18.6. The lowest BCUT2D eigenvalue weighted by Crippen LogP contribution is -2.50. The summed E-state index contributed by atoms with van der Waals surface area (Å²) in [6.07, 6.45) is 2.99. The first-order valence-corrected chi connectivity index (χ1v) is 11.0. The molecule has 9 nitrogen and oxygen atoms in total. The number of amides is 2. The van der Waals surface area contributed by atoms with Crippen molar-refractivity contribution in [1.29, 1.82) is 0 Å². The van der Waals surface area contributed by atoms with Crippen molar-refractivity contribution in [2.75, 3.05) is 32.8 Å². The molecule has 1 aliphatic rings. The minimum absolute atomic E-state index is 0.113. The maximum atomic E-state index is 13.1. The van der Waals surface area contributed by atoms with E-state index < -0.39 is 0 Å². The summed E-state index contributed by atoms with van der Waals surface area (Å²) >= 11 is 1.61. The molecule has 0 aromatic carbocycles. The van der Waals surface area contributed by atoms with Crippen molar-refractivity contribution >= 4 is 23.3 Å². The summed E-state index contributed by atoms with van der Waals surface area (Å²) in [5.41, 5.74) is 3.02. The fraction of sp³-hybridized carbons (Fsp3) is 0.381. The first-order chi connectivity index (χ1) is 15.0. The maximum absolute atomic E-state index is 13.1. The van der Waals surface area contributed by atoms with Crippen LogP contribution in [0.25, 0.3) is 16.5 Å². The molecule has 0 radical (unpaired) electrons. The summed E-state index contributed by atoms with van der Waals surface area (Å²) in [7, 11) is 0. The van der Waals surface area contributed by atoms with E-state index in [4.69, 9.17) is 9.72 Å². The van der Waals surface area contributed by atoms with E-state index in [-0.39, 0.29) is 12.0 Å². The molecule has 1 fully saturated rings. The van der Waals surface area contributed by atoms with E-state index in [2.05, 4.69) is 10.1 Å². The second kappa shape index (κ2) is 8.84. The van der Waals surface area contributed by atoms with E-state index in [9.17, 15) is 9.59 Å². The highest BCUT2D eigenvalue weighted by molar-refractivity contribution is 7.13. The van der Waals surface area contributed by atoms with Crippen LogP contribution >= 0.6 is 11.3 Å². The molecule has 4 rings (SSSR count). The molecular formula is C21H24N6O3S. The van der Waals surface area contributed by atoms with Crippen LogP contribution in [-0.4, -0.2) is 74.3 Å². The SMILES string of the molecule is CCOC(=O)N1CCN(C(=O)c2cnn(-c3ncc(C)c(-c4cccs4)n3)c2C)CC1. The van der Waals surface area contributed by atoms with E-state index in [0.717, 1.165) is 16.1 Å². The Morgan fingerprint density at radius 1 is 1.13 bits per heavy atom. The van der Waals surface area contributed by atoms with Gasteiger partial charge in [-0.05, 0) is 37.8 Å². The zero-order valence-electron chi connectivity index (χ0n) is 17.7. The number of carbonyl (C=O) groups is 2. The number of ether oxygens (including phenoxy) is 1. The summed E-state index contributed by atoms with van der Waals surface area (Å²) in [6.45, 7) is 7.72. The molecule has 10 heteroatoms. The lowest BCUT2D eigenvalue weighted by atomic mass is 10.2. The Labute approximate surface area is 184 Å². The Kier molecular flexibility index (Phi) is 5.99. The Bertz CT molecular complexity index is 1090. The average molecular weight is 441 g/mol. The van der Waals surface area contributed by atoms with Crippen molar-refractivity contribution in [1.82, 2.24) is 29.5 Å². The average Bonchev–Trinajstić information content (AvgIpc) is 3.44. The molecule has 3 aromatic heterocycles. The highest BCUT2D eigenvalue weighted by atomic mass is 32.1. The Morgan fingerprint density at radius 2 is 1.87 bits per heavy atom. The van der Waals surface area contributed by atoms with Gasteiger partial charge in [-0.2, -0.15) is 5.10 Å². The van der Waals surface area contributed by atoms with Crippen LogP contribution in [0.5, 0.6) is 0 Å². The fourth-order valence-electron chi connectivity index (χ4n) is 3.50. The van der Waals surface area contributed by atoms with Gasteiger partial charge in [-0.15, -0.1) is 11.3 Å². The first kappa shape index (κ1) is 21.0. The summed E-state index contributed by atoms with van der Waals surface area (Å²) in [5.74, 6) is 0.315. The molecule has 0 atom stereocenters.